The number of nitrogens with zero attached hydrogens (tertiary/aromatic N) is 2. The molecule has 1 heterocycles. The second-order valence-electron chi connectivity index (χ2n) is 3.46. The van der Waals surface area contributed by atoms with Crippen LogP contribution in [0.3, 0.4) is 0 Å². The monoisotopic (exact) mass is 240 g/mol. The molecular formula is C13H8N2O3. The number of rotatable bonds is 2. The zero-order valence-electron chi connectivity index (χ0n) is 9.47. The van der Waals surface area contributed by atoms with Crippen molar-refractivity contribution in [2.75, 3.05) is 7.11 Å². The number of phenols is 1. The Morgan fingerprint density at radius 3 is 2.61 bits per heavy atom. The van der Waals surface area contributed by atoms with Crippen molar-refractivity contribution in [1.29, 1.82) is 10.5 Å². The molecule has 0 fully saturated rings. The number of hydrogen-bond donors (Lipinski definition) is 1. The van der Waals surface area contributed by atoms with E-state index >= 15 is 0 Å². The fraction of sp³-hybridized carbons (Fsp3) is 0.0769. The van der Waals surface area contributed by atoms with Crippen molar-refractivity contribution in [3.05, 3.63) is 35.8 Å². The highest BCUT2D eigenvalue weighted by Crippen LogP contribution is 2.39. The number of ether oxygens (including phenoxy) is 1. The highest BCUT2D eigenvalue weighted by molar-refractivity contribution is 5.80. The van der Waals surface area contributed by atoms with Gasteiger partial charge in [0.05, 0.1) is 31.3 Å². The van der Waals surface area contributed by atoms with Crippen molar-refractivity contribution in [2.24, 2.45) is 0 Å². The smallest absolute Gasteiger partial charge is 0.176 e. The van der Waals surface area contributed by atoms with Crippen molar-refractivity contribution in [3.63, 3.8) is 0 Å². The molecule has 5 heteroatoms. The molecule has 0 saturated carbocycles. The molecule has 0 saturated heterocycles. The number of hydrogen-bond acceptors (Lipinski definition) is 5. The summed E-state index contributed by atoms with van der Waals surface area (Å²) in [5.74, 6) is -0.189. The van der Waals surface area contributed by atoms with Crippen LogP contribution >= 0.6 is 0 Å². The zero-order valence-corrected chi connectivity index (χ0v) is 9.47. The van der Waals surface area contributed by atoms with Gasteiger partial charge in [0.25, 0.3) is 0 Å². The lowest BCUT2D eigenvalue weighted by Crippen LogP contribution is -1.94. The third-order valence-electron chi connectivity index (χ3n) is 2.53. The molecule has 88 valence electrons. The van der Waals surface area contributed by atoms with Crippen molar-refractivity contribution in [2.45, 2.75) is 0 Å². The van der Waals surface area contributed by atoms with E-state index in [0.717, 1.165) is 0 Å². The van der Waals surface area contributed by atoms with Gasteiger partial charge in [0.15, 0.2) is 11.5 Å². The van der Waals surface area contributed by atoms with E-state index in [1.54, 1.807) is 6.07 Å². The number of benzene rings is 1. The molecule has 0 radical (unpaired) electrons. The van der Waals surface area contributed by atoms with Crippen LogP contribution in [0.2, 0.25) is 0 Å². The summed E-state index contributed by atoms with van der Waals surface area (Å²) in [5, 5.41) is 28.2. The summed E-state index contributed by atoms with van der Waals surface area (Å²) < 4.78 is 9.86. The molecule has 0 bridgehead atoms. The maximum atomic E-state index is 9.90. The van der Waals surface area contributed by atoms with E-state index in [2.05, 4.69) is 0 Å². The lowest BCUT2D eigenvalue weighted by atomic mass is 9.96. The van der Waals surface area contributed by atoms with Crippen molar-refractivity contribution < 1.29 is 14.3 Å². The number of phenolic OH excluding ortho intramolecular Hbond substituents is 1. The molecule has 0 aliphatic heterocycles. The summed E-state index contributed by atoms with van der Waals surface area (Å²) >= 11 is 0. The number of methoxy groups -OCH3 is 1. The van der Waals surface area contributed by atoms with Crippen LogP contribution in [0, 0.1) is 22.7 Å². The lowest BCUT2D eigenvalue weighted by Gasteiger charge is -2.10. The van der Waals surface area contributed by atoms with Gasteiger partial charge in [0.1, 0.15) is 11.6 Å². The van der Waals surface area contributed by atoms with Crippen LogP contribution in [0.4, 0.5) is 0 Å². The standard InChI is InChI=1S/C13H8N2O3/c1-17-11-4-9(5-14)12(8-2-3-18-7-8)10(6-15)13(11)16/h2-4,7,16H,1H3. The predicted octanol–water partition coefficient (Wildman–Crippen LogP) is 2.40. The highest BCUT2D eigenvalue weighted by atomic mass is 16.5. The molecule has 0 aliphatic rings. The quantitative estimate of drug-likeness (QED) is 0.870. The third kappa shape index (κ3) is 1.64. The molecule has 2 aromatic rings. The SMILES string of the molecule is COc1cc(C#N)c(-c2ccoc2)c(C#N)c1O. The molecule has 5 nitrogen and oxygen atoms in total. The fourth-order valence-corrected chi connectivity index (χ4v) is 1.71. The maximum Gasteiger partial charge on any atom is 0.176 e. The van der Waals surface area contributed by atoms with Gasteiger partial charge in [-0.05, 0) is 6.07 Å². The second-order valence-corrected chi connectivity index (χ2v) is 3.46. The van der Waals surface area contributed by atoms with Gasteiger partial charge in [0, 0.05) is 17.2 Å². The molecule has 18 heavy (non-hydrogen) atoms. The summed E-state index contributed by atoms with van der Waals surface area (Å²) in [6.45, 7) is 0. The number of furan rings is 1. The Balaban J connectivity index is 2.84. The predicted molar refractivity (Wildman–Crippen MR) is 61.8 cm³/mol. The number of nitriles is 2. The summed E-state index contributed by atoms with van der Waals surface area (Å²) in [5.41, 5.74) is 1.13. The molecule has 0 aliphatic carbocycles. The minimum absolute atomic E-state index is 0.00713. The summed E-state index contributed by atoms with van der Waals surface area (Å²) in [6.07, 6.45) is 2.84. The first kappa shape index (κ1) is 11.6. The Labute approximate surface area is 103 Å². The van der Waals surface area contributed by atoms with Crippen molar-refractivity contribution >= 4 is 0 Å². The largest absolute Gasteiger partial charge is 0.503 e. The average Bonchev–Trinajstić information content (AvgIpc) is 2.91. The topological polar surface area (TPSA) is 90.2 Å². The van der Waals surface area contributed by atoms with E-state index in [4.69, 9.17) is 19.7 Å². The van der Waals surface area contributed by atoms with Gasteiger partial charge in [-0.1, -0.05) is 0 Å². The Morgan fingerprint density at radius 1 is 1.33 bits per heavy atom. The normalized spacial score (nSPS) is 9.50. The number of aromatic hydroxyl groups is 1. The molecule has 1 aromatic heterocycles. The van der Waals surface area contributed by atoms with Gasteiger partial charge >= 0.3 is 0 Å². The van der Waals surface area contributed by atoms with E-state index < -0.39 is 0 Å². The summed E-state index contributed by atoms with van der Waals surface area (Å²) in [4.78, 5) is 0. The summed E-state index contributed by atoms with van der Waals surface area (Å²) in [6, 6.07) is 6.86. The van der Waals surface area contributed by atoms with E-state index in [0.29, 0.717) is 11.1 Å². The molecule has 0 amide bonds. The minimum atomic E-state index is -0.282. The van der Waals surface area contributed by atoms with Crippen LogP contribution in [0.15, 0.2) is 29.1 Å². The third-order valence-corrected chi connectivity index (χ3v) is 2.53. The fourth-order valence-electron chi connectivity index (χ4n) is 1.71. The van der Waals surface area contributed by atoms with Crippen LogP contribution < -0.4 is 4.74 Å². The van der Waals surface area contributed by atoms with Gasteiger partial charge in [-0.15, -0.1) is 0 Å². The van der Waals surface area contributed by atoms with Crippen LogP contribution in [-0.4, -0.2) is 12.2 Å². The van der Waals surface area contributed by atoms with Gasteiger partial charge < -0.3 is 14.3 Å². The molecule has 1 N–H and O–H groups in total. The first-order valence-corrected chi connectivity index (χ1v) is 4.99. The lowest BCUT2D eigenvalue weighted by molar-refractivity contribution is 0.373. The van der Waals surface area contributed by atoms with Crippen molar-refractivity contribution in [3.8, 4) is 34.8 Å². The molecule has 2 rings (SSSR count). The van der Waals surface area contributed by atoms with E-state index in [1.165, 1.54) is 25.7 Å². The molecule has 1 aromatic carbocycles. The molecule has 0 unspecified atom stereocenters. The highest BCUT2D eigenvalue weighted by Gasteiger charge is 2.20. The van der Waals surface area contributed by atoms with Crippen LogP contribution in [0.5, 0.6) is 11.5 Å². The molecule has 0 spiro atoms. The second kappa shape index (κ2) is 4.52. The Kier molecular flexibility index (Phi) is 2.90. The zero-order chi connectivity index (χ0) is 13.1. The van der Waals surface area contributed by atoms with Crippen LogP contribution in [0.1, 0.15) is 11.1 Å². The Bertz CT molecular complexity index is 661. The van der Waals surface area contributed by atoms with Gasteiger partial charge in [0.2, 0.25) is 0 Å². The summed E-state index contributed by atoms with van der Waals surface area (Å²) in [7, 11) is 1.36. The van der Waals surface area contributed by atoms with Crippen LogP contribution in [-0.2, 0) is 0 Å². The first-order chi connectivity index (χ1) is 8.72. The van der Waals surface area contributed by atoms with Gasteiger partial charge in [-0.3, -0.25) is 0 Å². The van der Waals surface area contributed by atoms with Crippen LogP contribution in [0.25, 0.3) is 11.1 Å². The van der Waals surface area contributed by atoms with E-state index in [1.807, 2.05) is 12.1 Å². The maximum absolute atomic E-state index is 9.90. The average molecular weight is 240 g/mol. The first-order valence-electron chi connectivity index (χ1n) is 4.99. The van der Waals surface area contributed by atoms with Gasteiger partial charge in [-0.25, -0.2) is 0 Å². The van der Waals surface area contributed by atoms with Gasteiger partial charge in [-0.2, -0.15) is 10.5 Å². The Morgan fingerprint density at radius 2 is 2.11 bits per heavy atom. The van der Waals surface area contributed by atoms with Crippen molar-refractivity contribution in [1.82, 2.24) is 0 Å². The van der Waals surface area contributed by atoms with E-state index in [-0.39, 0.29) is 22.6 Å². The molecule has 0 atom stereocenters. The van der Waals surface area contributed by atoms with E-state index in [9.17, 15) is 5.11 Å². The minimum Gasteiger partial charge on any atom is -0.503 e. The Hall–Kier alpha value is -2.92. The molecular weight excluding hydrogens is 232 g/mol.